The highest BCUT2D eigenvalue weighted by atomic mass is 19.1. The minimum atomic E-state index is -0.388. The van der Waals surface area contributed by atoms with Crippen LogP contribution in [-0.2, 0) is 11.2 Å². The number of aryl methyl sites for hydroxylation is 1. The normalized spacial score (nSPS) is 17.1. The second-order valence-corrected chi connectivity index (χ2v) is 6.28. The van der Waals surface area contributed by atoms with Crippen molar-refractivity contribution in [3.8, 4) is 0 Å². The van der Waals surface area contributed by atoms with Crippen molar-refractivity contribution in [2.75, 3.05) is 6.54 Å². The lowest BCUT2D eigenvalue weighted by Crippen LogP contribution is -2.41. The monoisotopic (exact) mass is 325 g/mol. The van der Waals surface area contributed by atoms with Crippen LogP contribution in [0.3, 0.4) is 0 Å². The van der Waals surface area contributed by atoms with E-state index in [1.165, 1.54) is 12.1 Å². The van der Waals surface area contributed by atoms with Gasteiger partial charge in [0.1, 0.15) is 5.82 Å². The van der Waals surface area contributed by atoms with Gasteiger partial charge in [-0.05, 0) is 37.5 Å². The van der Waals surface area contributed by atoms with Gasteiger partial charge in [-0.15, -0.1) is 0 Å². The Morgan fingerprint density at radius 1 is 1.08 bits per heavy atom. The van der Waals surface area contributed by atoms with Gasteiger partial charge >= 0.3 is 0 Å². The van der Waals surface area contributed by atoms with Crippen LogP contribution >= 0.6 is 0 Å². The van der Waals surface area contributed by atoms with Gasteiger partial charge in [0, 0.05) is 12.1 Å². The SMILES string of the molecule is Cc1ccc(C(=O)C2CCCN2C(=O)Cc2ccc(F)cc2)cc1. The van der Waals surface area contributed by atoms with Crippen molar-refractivity contribution >= 4 is 11.7 Å². The quantitative estimate of drug-likeness (QED) is 0.806. The van der Waals surface area contributed by atoms with E-state index in [0.717, 1.165) is 17.5 Å². The van der Waals surface area contributed by atoms with Crippen molar-refractivity contribution in [1.29, 1.82) is 0 Å². The number of benzene rings is 2. The molecule has 1 aliphatic heterocycles. The fraction of sp³-hybridized carbons (Fsp3) is 0.300. The van der Waals surface area contributed by atoms with Gasteiger partial charge in [0.05, 0.1) is 12.5 Å². The number of carbonyl (C=O) groups is 2. The molecule has 24 heavy (non-hydrogen) atoms. The van der Waals surface area contributed by atoms with Gasteiger partial charge in [0.15, 0.2) is 5.78 Å². The predicted octanol–water partition coefficient (Wildman–Crippen LogP) is 3.55. The Morgan fingerprint density at radius 2 is 1.75 bits per heavy atom. The van der Waals surface area contributed by atoms with Gasteiger partial charge in [0.25, 0.3) is 0 Å². The number of ketones is 1. The molecule has 1 amide bonds. The highest BCUT2D eigenvalue weighted by Gasteiger charge is 2.34. The van der Waals surface area contributed by atoms with E-state index in [4.69, 9.17) is 0 Å². The molecule has 124 valence electrons. The summed E-state index contributed by atoms with van der Waals surface area (Å²) in [5.41, 5.74) is 2.50. The van der Waals surface area contributed by atoms with Gasteiger partial charge in [0.2, 0.25) is 5.91 Å². The smallest absolute Gasteiger partial charge is 0.227 e. The van der Waals surface area contributed by atoms with Crippen LogP contribution in [0.2, 0.25) is 0 Å². The fourth-order valence-corrected chi connectivity index (χ4v) is 3.13. The van der Waals surface area contributed by atoms with Crippen molar-refractivity contribution in [3.63, 3.8) is 0 Å². The van der Waals surface area contributed by atoms with E-state index in [1.54, 1.807) is 17.0 Å². The van der Waals surface area contributed by atoms with E-state index < -0.39 is 0 Å². The first-order valence-electron chi connectivity index (χ1n) is 8.19. The Hall–Kier alpha value is -2.49. The number of likely N-dealkylation sites (tertiary alicyclic amines) is 1. The summed E-state index contributed by atoms with van der Waals surface area (Å²) in [4.78, 5) is 27.0. The third kappa shape index (κ3) is 3.53. The number of hydrogen-bond acceptors (Lipinski definition) is 2. The van der Waals surface area contributed by atoms with Gasteiger partial charge in [-0.1, -0.05) is 42.0 Å². The van der Waals surface area contributed by atoms with Crippen LogP contribution in [0.4, 0.5) is 4.39 Å². The average molecular weight is 325 g/mol. The van der Waals surface area contributed by atoms with E-state index in [1.807, 2.05) is 31.2 Å². The van der Waals surface area contributed by atoms with E-state index in [-0.39, 0.29) is 30.0 Å². The molecular formula is C20H20FNO2. The van der Waals surface area contributed by atoms with Crippen molar-refractivity contribution in [3.05, 3.63) is 71.0 Å². The van der Waals surface area contributed by atoms with Gasteiger partial charge in [-0.2, -0.15) is 0 Å². The average Bonchev–Trinajstić information content (AvgIpc) is 3.07. The van der Waals surface area contributed by atoms with E-state index in [2.05, 4.69) is 0 Å². The summed E-state index contributed by atoms with van der Waals surface area (Å²) in [5.74, 6) is -0.399. The first-order chi connectivity index (χ1) is 11.5. The number of amides is 1. The van der Waals surface area contributed by atoms with Crippen LogP contribution in [0.25, 0.3) is 0 Å². The van der Waals surface area contributed by atoms with Gasteiger partial charge in [-0.3, -0.25) is 9.59 Å². The molecule has 3 nitrogen and oxygen atoms in total. The van der Waals surface area contributed by atoms with Crippen molar-refractivity contribution < 1.29 is 14.0 Å². The maximum absolute atomic E-state index is 13.0. The van der Waals surface area contributed by atoms with Crippen molar-refractivity contribution in [2.24, 2.45) is 0 Å². The predicted molar refractivity (Wildman–Crippen MR) is 90.3 cm³/mol. The zero-order valence-corrected chi connectivity index (χ0v) is 13.7. The molecule has 0 bridgehead atoms. The molecule has 4 heteroatoms. The lowest BCUT2D eigenvalue weighted by Gasteiger charge is -2.24. The minimum Gasteiger partial charge on any atom is -0.332 e. The molecule has 0 N–H and O–H groups in total. The highest BCUT2D eigenvalue weighted by Crippen LogP contribution is 2.22. The largest absolute Gasteiger partial charge is 0.332 e. The van der Waals surface area contributed by atoms with Crippen LogP contribution in [0.15, 0.2) is 48.5 Å². The molecule has 0 spiro atoms. The molecule has 1 heterocycles. The standard InChI is InChI=1S/C20H20FNO2/c1-14-4-8-16(9-5-14)20(24)18-3-2-12-22(18)19(23)13-15-6-10-17(21)11-7-15/h4-11,18H,2-3,12-13H2,1H3. The summed E-state index contributed by atoms with van der Waals surface area (Å²) in [7, 11) is 0. The maximum Gasteiger partial charge on any atom is 0.227 e. The molecule has 0 aliphatic carbocycles. The third-order valence-electron chi connectivity index (χ3n) is 4.48. The molecule has 0 radical (unpaired) electrons. The van der Waals surface area contributed by atoms with E-state index >= 15 is 0 Å². The Bertz CT molecular complexity index is 737. The van der Waals surface area contributed by atoms with E-state index in [9.17, 15) is 14.0 Å². The zero-order valence-electron chi connectivity index (χ0n) is 13.7. The summed E-state index contributed by atoms with van der Waals surface area (Å²) < 4.78 is 13.0. The number of Topliss-reactive ketones (excluding diaryl/α,β-unsaturated/α-hetero) is 1. The molecule has 1 saturated heterocycles. The molecule has 2 aromatic carbocycles. The Balaban J connectivity index is 1.72. The summed E-state index contributed by atoms with van der Waals surface area (Å²) in [5, 5.41) is 0. The van der Waals surface area contributed by atoms with Crippen LogP contribution in [-0.4, -0.2) is 29.2 Å². The first-order valence-corrected chi connectivity index (χ1v) is 8.19. The summed E-state index contributed by atoms with van der Waals surface area (Å²) >= 11 is 0. The lowest BCUT2D eigenvalue weighted by atomic mass is 10.0. The molecule has 3 rings (SSSR count). The molecule has 2 aromatic rings. The number of halogens is 1. The van der Waals surface area contributed by atoms with E-state index in [0.29, 0.717) is 18.5 Å². The van der Waals surface area contributed by atoms with Crippen LogP contribution in [0.5, 0.6) is 0 Å². The summed E-state index contributed by atoms with van der Waals surface area (Å²) in [6, 6.07) is 13.0. The topological polar surface area (TPSA) is 37.4 Å². The molecule has 0 aromatic heterocycles. The number of rotatable bonds is 4. The number of hydrogen-bond donors (Lipinski definition) is 0. The Kier molecular flexibility index (Phi) is 4.74. The molecule has 1 unspecified atom stereocenters. The maximum atomic E-state index is 13.0. The molecule has 1 atom stereocenters. The fourth-order valence-electron chi connectivity index (χ4n) is 3.13. The molecule has 1 fully saturated rings. The molecule has 0 saturated carbocycles. The number of nitrogens with zero attached hydrogens (tertiary/aromatic N) is 1. The van der Waals surface area contributed by atoms with Crippen LogP contribution < -0.4 is 0 Å². The van der Waals surface area contributed by atoms with Gasteiger partial charge in [-0.25, -0.2) is 4.39 Å². The second kappa shape index (κ2) is 6.95. The summed E-state index contributed by atoms with van der Waals surface area (Å²) in [6.45, 7) is 2.57. The van der Waals surface area contributed by atoms with Gasteiger partial charge < -0.3 is 4.90 Å². The minimum absolute atomic E-state index is 0.0000406. The molecular weight excluding hydrogens is 305 g/mol. The van der Waals surface area contributed by atoms with Crippen molar-refractivity contribution in [1.82, 2.24) is 4.90 Å². The highest BCUT2D eigenvalue weighted by molar-refractivity contribution is 6.02. The second-order valence-electron chi connectivity index (χ2n) is 6.28. The first kappa shape index (κ1) is 16.4. The van der Waals surface area contributed by atoms with Crippen LogP contribution in [0, 0.1) is 12.7 Å². The Labute approximate surface area is 141 Å². The zero-order chi connectivity index (χ0) is 17.1. The molecule has 1 aliphatic rings. The lowest BCUT2D eigenvalue weighted by molar-refractivity contribution is -0.130. The van der Waals surface area contributed by atoms with Crippen LogP contribution in [0.1, 0.15) is 34.3 Å². The number of carbonyl (C=O) groups excluding carboxylic acids is 2. The third-order valence-corrected chi connectivity index (χ3v) is 4.48. The van der Waals surface area contributed by atoms with Crippen molar-refractivity contribution in [2.45, 2.75) is 32.2 Å². The summed E-state index contributed by atoms with van der Waals surface area (Å²) in [6.07, 6.45) is 1.72. The Morgan fingerprint density at radius 3 is 2.42 bits per heavy atom.